The van der Waals surface area contributed by atoms with E-state index < -0.39 is 0 Å². The van der Waals surface area contributed by atoms with Crippen molar-refractivity contribution < 1.29 is 4.79 Å². The van der Waals surface area contributed by atoms with E-state index in [-0.39, 0.29) is 5.91 Å². The van der Waals surface area contributed by atoms with Crippen molar-refractivity contribution >= 4 is 17.2 Å². The normalized spacial score (nSPS) is 17.8. The fourth-order valence-electron chi connectivity index (χ4n) is 2.89. The lowest BCUT2D eigenvalue weighted by molar-refractivity contribution is 0.0778. The Bertz CT molecular complexity index is 603. The minimum atomic E-state index is 0.0501. The Morgan fingerprint density at radius 2 is 2.45 bits per heavy atom. The molecule has 106 valence electrons. The Kier molecular flexibility index (Phi) is 3.61. The van der Waals surface area contributed by atoms with Crippen LogP contribution < -0.4 is 0 Å². The van der Waals surface area contributed by atoms with Gasteiger partial charge in [0.15, 0.2) is 0 Å². The second kappa shape index (κ2) is 5.40. The molecule has 0 aromatic carbocycles. The van der Waals surface area contributed by atoms with E-state index in [1.54, 1.807) is 22.4 Å². The van der Waals surface area contributed by atoms with Gasteiger partial charge >= 0.3 is 0 Å². The van der Waals surface area contributed by atoms with Gasteiger partial charge in [0.1, 0.15) is 5.69 Å². The zero-order chi connectivity index (χ0) is 14.1. The number of aromatic amines is 1. The van der Waals surface area contributed by atoms with E-state index in [0.717, 1.165) is 24.4 Å². The smallest absolute Gasteiger partial charge is 0.270 e. The molecule has 0 bridgehead atoms. The van der Waals surface area contributed by atoms with Crippen molar-refractivity contribution in [3.8, 4) is 0 Å². The molecule has 1 atom stereocenters. The number of amides is 1. The average Bonchev–Trinajstić information content (AvgIpc) is 3.06. The van der Waals surface area contributed by atoms with E-state index in [1.165, 1.54) is 17.0 Å². The predicted molar refractivity (Wildman–Crippen MR) is 80.3 cm³/mol. The summed E-state index contributed by atoms with van der Waals surface area (Å²) in [5, 5.41) is 1.14. The summed E-state index contributed by atoms with van der Waals surface area (Å²) in [6.45, 7) is 2.81. The Labute approximate surface area is 122 Å². The van der Waals surface area contributed by atoms with Crippen LogP contribution in [0.5, 0.6) is 0 Å². The Morgan fingerprint density at radius 1 is 1.60 bits per heavy atom. The van der Waals surface area contributed by atoms with Gasteiger partial charge < -0.3 is 9.88 Å². The Morgan fingerprint density at radius 3 is 3.20 bits per heavy atom. The Hall–Kier alpha value is -1.62. The summed E-state index contributed by atoms with van der Waals surface area (Å²) < 4.78 is 0. The summed E-state index contributed by atoms with van der Waals surface area (Å²) in [4.78, 5) is 23.1. The third-order valence-electron chi connectivity index (χ3n) is 3.85. The molecule has 2 aromatic rings. The predicted octanol–water partition coefficient (Wildman–Crippen LogP) is 2.97. The minimum Gasteiger partial charge on any atom is -0.357 e. The van der Waals surface area contributed by atoms with E-state index >= 15 is 0 Å². The summed E-state index contributed by atoms with van der Waals surface area (Å²) >= 11 is 1.81. The molecule has 2 heterocycles. The molecule has 0 radical (unpaired) electrons. The number of rotatable bonds is 3. The van der Waals surface area contributed by atoms with Gasteiger partial charge in [-0.3, -0.25) is 4.79 Å². The van der Waals surface area contributed by atoms with Gasteiger partial charge in [0.25, 0.3) is 5.91 Å². The fraction of sp³-hybridized carbons (Fsp3) is 0.467. The molecule has 1 N–H and O–H groups in total. The molecule has 1 aliphatic rings. The fourth-order valence-corrected chi connectivity index (χ4v) is 3.95. The maximum atomic E-state index is 12.3. The van der Waals surface area contributed by atoms with Gasteiger partial charge in [-0.15, -0.1) is 11.3 Å². The maximum Gasteiger partial charge on any atom is 0.270 e. The van der Waals surface area contributed by atoms with E-state index in [9.17, 15) is 4.79 Å². The van der Waals surface area contributed by atoms with Gasteiger partial charge in [0, 0.05) is 30.6 Å². The van der Waals surface area contributed by atoms with Crippen LogP contribution in [0.1, 0.15) is 44.8 Å². The van der Waals surface area contributed by atoms with Crippen LogP contribution in [0.2, 0.25) is 0 Å². The molecular formula is C15H19N3OS. The molecule has 1 amide bonds. The molecule has 2 aromatic heterocycles. The van der Waals surface area contributed by atoms with Gasteiger partial charge in [-0.2, -0.15) is 0 Å². The SMILES string of the molecule is Cc1nc2c(s1)CCC[C@@H]2CN(C)C(=O)c1ccc[nH]1. The molecular weight excluding hydrogens is 270 g/mol. The summed E-state index contributed by atoms with van der Waals surface area (Å²) in [5.41, 5.74) is 1.88. The Balaban J connectivity index is 1.74. The van der Waals surface area contributed by atoms with E-state index in [4.69, 9.17) is 0 Å². The summed E-state index contributed by atoms with van der Waals surface area (Å²) in [7, 11) is 1.87. The molecule has 1 aliphatic carbocycles. The summed E-state index contributed by atoms with van der Waals surface area (Å²) in [6, 6.07) is 3.67. The average molecular weight is 289 g/mol. The third-order valence-corrected chi connectivity index (χ3v) is 4.89. The standard InChI is InChI=1S/C15H19N3OS/c1-10-17-14-11(5-3-7-13(14)20-10)9-18(2)15(19)12-6-4-8-16-12/h4,6,8,11,16H,3,5,7,9H2,1-2H3/t11-/m1/s1. The summed E-state index contributed by atoms with van der Waals surface area (Å²) in [5.74, 6) is 0.432. The van der Waals surface area contributed by atoms with Crippen molar-refractivity contribution in [1.82, 2.24) is 14.9 Å². The number of carbonyl (C=O) groups excluding carboxylic acids is 1. The molecule has 3 rings (SSSR count). The number of fused-ring (bicyclic) bond motifs is 1. The van der Waals surface area contributed by atoms with E-state index in [1.807, 2.05) is 19.2 Å². The molecule has 0 fully saturated rings. The second-order valence-electron chi connectivity index (χ2n) is 5.40. The monoisotopic (exact) mass is 289 g/mol. The van der Waals surface area contributed by atoms with Crippen molar-refractivity contribution in [2.75, 3.05) is 13.6 Å². The zero-order valence-corrected chi connectivity index (χ0v) is 12.7. The first-order valence-corrected chi connectivity index (χ1v) is 7.82. The third kappa shape index (κ3) is 2.50. The molecule has 0 aliphatic heterocycles. The number of aryl methyl sites for hydroxylation is 2. The number of aromatic nitrogens is 2. The number of hydrogen-bond donors (Lipinski definition) is 1. The van der Waals surface area contributed by atoms with E-state index in [0.29, 0.717) is 11.6 Å². The van der Waals surface area contributed by atoms with Gasteiger partial charge in [0.05, 0.1) is 10.7 Å². The first kappa shape index (κ1) is 13.4. The lowest BCUT2D eigenvalue weighted by atomic mass is 9.90. The molecule has 0 saturated heterocycles. The number of thiazole rings is 1. The molecule has 20 heavy (non-hydrogen) atoms. The number of hydrogen-bond acceptors (Lipinski definition) is 3. The highest BCUT2D eigenvalue weighted by Crippen LogP contribution is 2.35. The number of carbonyl (C=O) groups is 1. The van der Waals surface area contributed by atoms with Crippen LogP contribution in [0.15, 0.2) is 18.3 Å². The highest BCUT2D eigenvalue weighted by atomic mass is 32.1. The van der Waals surface area contributed by atoms with Crippen LogP contribution in [-0.4, -0.2) is 34.4 Å². The van der Waals surface area contributed by atoms with Gasteiger partial charge in [-0.05, 0) is 38.3 Å². The minimum absolute atomic E-state index is 0.0501. The number of H-pyrrole nitrogens is 1. The van der Waals surface area contributed by atoms with Crippen LogP contribution in [0.25, 0.3) is 0 Å². The van der Waals surface area contributed by atoms with E-state index in [2.05, 4.69) is 16.9 Å². The number of nitrogens with zero attached hydrogens (tertiary/aromatic N) is 2. The molecule has 0 saturated carbocycles. The quantitative estimate of drug-likeness (QED) is 0.944. The van der Waals surface area contributed by atoms with Gasteiger partial charge in [-0.1, -0.05) is 0 Å². The number of likely N-dealkylation sites (N-methyl/N-ethyl adjacent to an activating group) is 1. The second-order valence-corrected chi connectivity index (χ2v) is 6.69. The van der Waals surface area contributed by atoms with Crippen molar-refractivity contribution in [2.24, 2.45) is 0 Å². The van der Waals surface area contributed by atoms with Gasteiger partial charge in [-0.25, -0.2) is 4.98 Å². The van der Waals surface area contributed by atoms with Crippen LogP contribution in [0.4, 0.5) is 0 Å². The lowest BCUT2D eigenvalue weighted by Crippen LogP contribution is -2.32. The highest BCUT2D eigenvalue weighted by molar-refractivity contribution is 7.11. The van der Waals surface area contributed by atoms with Crippen molar-refractivity contribution in [3.63, 3.8) is 0 Å². The van der Waals surface area contributed by atoms with Crippen LogP contribution in [0, 0.1) is 6.92 Å². The molecule has 0 unspecified atom stereocenters. The highest BCUT2D eigenvalue weighted by Gasteiger charge is 2.26. The summed E-state index contributed by atoms with van der Waals surface area (Å²) in [6.07, 6.45) is 5.25. The topological polar surface area (TPSA) is 49.0 Å². The van der Waals surface area contributed by atoms with Crippen molar-refractivity contribution in [3.05, 3.63) is 39.6 Å². The van der Waals surface area contributed by atoms with Crippen LogP contribution in [-0.2, 0) is 6.42 Å². The molecule has 5 heteroatoms. The molecule has 4 nitrogen and oxygen atoms in total. The van der Waals surface area contributed by atoms with Crippen LogP contribution >= 0.6 is 11.3 Å². The zero-order valence-electron chi connectivity index (χ0n) is 11.8. The number of nitrogens with one attached hydrogen (secondary N) is 1. The van der Waals surface area contributed by atoms with Crippen molar-refractivity contribution in [1.29, 1.82) is 0 Å². The van der Waals surface area contributed by atoms with Crippen LogP contribution in [0.3, 0.4) is 0 Å². The largest absolute Gasteiger partial charge is 0.357 e. The maximum absolute atomic E-state index is 12.3. The first-order valence-electron chi connectivity index (χ1n) is 7.00. The molecule has 0 spiro atoms. The van der Waals surface area contributed by atoms with Crippen molar-refractivity contribution in [2.45, 2.75) is 32.1 Å². The lowest BCUT2D eigenvalue weighted by Gasteiger charge is -2.26. The van der Waals surface area contributed by atoms with Gasteiger partial charge in [0.2, 0.25) is 0 Å². The first-order chi connectivity index (χ1) is 9.65.